The maximum Gasteiger partial charge on any atom is 0.425 e. The highest BCUT2D eigenvalue weighted by molar-refractivity contribution is 6.09. The smallest absolute Gasteiger partial charge is 0.425 e. The summed E-state index contributed by atoms with van der Waals surface area (Å²) in [5, 5.41) is 8.16. The summed E-state index contributed by atoms with van der Waals surface area (Å²) >= 11 is 0. The van der Waals surface area contributed by atoms with Crippen molar-refractivity contribution in [3.8, 4) is 5.69 Å². The lowest BCUT2D eigenvalue weighted by molar-refractivity contribution is 0.0429. The minimum absolute atomic E-state index is 0.0687. The summed E-state index contributed by atoms with van der Waals surface area (Å²) < 4.78 is 26.9. The number of carbonyl (C=O) groups excluding carboxylic acids is 2. The summed E-state index contributed by atoms with van der Waals surface area (Å²) in [7, 11) is 0. The van der Waals surface area contributed by atoms with E-state index in [1.807, 2.05) is 0 Å². The van der Waals surface area contributed by atoms with E-state index in [9.17, 15) is 14.0 Å². The molecule has 0 atom stereocenters. The van der Waals surface area contributed by atoms with Crippen LogP contribution in [0.3, 0.4) is 0 Å². The standard InChI is InChI=1S/C27H30FN7O4/c1-16-9-8-10-18(28)22(16)34-14-17-19(33-34)11-12-29-23(17)32-20-13-21(31-15-30-20)35(24(36)38-26(2,3)4)25(37)39-27(5,6)7/h8-15H,1-7H3,(H,29,30,31,32). The number of halogens is 1. The number of nitrogens with zero attached hydrogens (tertiary/aromatic N) is 6. The molecule has 3 aromatic heterocycles. The first kappa shape index (κ1) is 27.4. The van der Waals surface area contributed by atoms with Gasteiger partial charge in [0.25, 0.3) is 0 Å². The Morgan fingerprint density at radius 3 is 2.26 bits per heavy atom. The number of ether oxygens (including phenoxy) is 2. The third-order valence-corrected chi connectivity index (χ3v) is 5.13. The van der Waals surface area contributed by atoms with Gasteiger partial charge in [-0.25, -0.2) is 33.6 Å². The molecule has 1 aromatic carbocycles. The predicted octanol–water partition coefficient (Wildman–Crippen LogP) is 6.08. The number of nitrogens with one attached hydrogen (secondary N) is 1. The normalized spacial score (nSPS) is 11.8. The number of aromatic nitrogens is 5. The summed E-state index contributed by atoms with van der Waals surface area (Å²) in [5.41, 5.74) is -0.137. The van der Waals surface area contributed by atoms with Gasteiger partial charge in [-0.05, 0) is 66.2 Å². The van der Waals surface area contributed by atoms with Crippen molar-refractivity contribution < 1.29 is 23.5 Å². The van der Waals surface area contributed by atoms with Gasteiger partial charge in [0, 0.05) is 18.5 Å². The molecule has 0 saturated carbocycles. The van der Waals surface area contributed by atoms with E-state index in [1.165, 1.54) is 23.1 Å². The highest BCUT2D eigenvalue weighted by atomic mass is 19.1. The summed E-state index contributed by atoms with van der Waals surface area (Å²) in [4.78, 5) is 39.4. The van der Waals surface area contributed by atoms with Crippen molar-refractivity contribution in [2.75, 3.05) is 10.2 Å². The van der Waals surface area contributed by atoms with Crippen molar-refractivity contribution in [3.05, 3.63) is 60.4 Å². The van der Waals surface area contributed by atoms with Crippen molar-refractivity contribution in [1.29, 1.82) is 0 Å². The van der Waals surface area contributed by atoms with Crippen LogP contribution in [-0.2, 0) is 9.47 Å². The number of pyridine rings is 1. The van der Waals surface area contributed by atoms with Gasteiger partial charge in [0.1, 0.15) is 40.7 Å². The Labute approximate surface area is 225 Å². The van der Waals surface area contributed by atoms with Crippen LogP contribution in [0.2, 0.25) is 0 Å². The minimum atomic E-state index is -0.955. The van der Waals surface area contributed by atoms with Crippen LogP contribution in [0, 0.1) is 12.7 Å². The molecule has 1 N–H and O–H groups in total. The van der Waals surface area contributed by atoms with Crippen LogP contribution in [0.5, 0.6) is 0 Å². The Bertz CT molecular complexity index is 1490. The molecule has 0 aliphatic carbocycles. The molecule has 4 rings (SSSR count). The summed E-state index contributed by atoms with van der Waals surface area (Å²) in [5.74, 6) is 0.126. The maximum atomic E-state index is 14.6. The second-order valence-corrected chi connectivity index (χ2v) is 10.8. The highest BCUT2D eigenvalue weighted by Gasteiger charge is 2.34. The molecule has 3 heterocycles. The Kier molecular flexibility index (Phi) is 7.23. The van der Waals surface area contributed by atoms with E-state index in [0.29, 0.717) is 27.3 Å². The van der Waals surface area contributed by atoms with E-state index in [0.717, 1.165) is 5.56 Å². The van der Waals surface area contributed by atoms with Crippen molar-refractivity contribution in [1.82, 2.24) is 24.7 Å². The fourth-order valence-electron chi connectivity index (χ4n) is 3.61. The van der Waals surface area contributed by atoms with E-state index < -0.39 is 29.2 Å². The molecule has 4 aromatic rings. The number of imide groups is 1. The van der Waals surface area contributed by atoms with Crippen LogP contribution in [-0.4, -0.2) is 48.1 Å². The molecule has 0 saturated heterocycles. The van der Waals surface area contributed by atoms with Crippen LogP contribution in [0.4, 0.5) is 31.4 Å². The molecule has 204 valence electrons. The second-order valence-electron chi connectivity index (χ2n) is 10.8. The third-order valence-electron chi connectivity index (χ3n) is 5.13. The van der Waals surface area contributed by atoms with Gasteiger partial charge in [-0.15, -0.1) is 0 Å². The van der Waals surface area contributed by atoms with Gasteiger partial charge in [0.15, 0.2) is 5.82 Å². The highest BCUT2D eigenvalue weighted by Crippen LogP contribution is 2.28. The molecule has 39 heavy (non-hydrogen) atoms. The first-order chi connectivity index (χ1) is 18.2. The van der Waals surface area contributed by atoms with E-state index in [-0.39, 0.29) is 11.6 Å². The minimum Gasteiger partial charge on any atom is -0.443 e. The Morgan fingerprint density at radius 2 is 1.64 bits per heavy atom. The number of benzene rings is 1. The molecule has 0 aliphatic heterocycles. The van der Waals surface area contributed by atoms with E-state index in [2.05, 4.69) is 25.4 Å². The summed E-state index contributed by atoms with van der Waals surface area (Å²) in [6.07, 6.45) is 2.48. The Balaban J connectivity index is 1.70. The van der Waals surface area contributed by atoms with Crippen LogP contribution < -0.4 is 10.2 Å². The van der Waals surface area contributed by atoms with Gasteiger partial charge < -0.3 is 14.8 Å². The van der Waals surface area contributed by atoms with Crippen molar-refractivity contribution in [3.63, 3.8) is 0 Å². The number of anilines is 3. The topological polar surface area (TPSA) is 124 Å². The van der Waals surface area contributed by atoms with Gasteiger partial charge in [-0.3, -0.25) is 0 Å². The van der Waals surface area contributed by atoms with E-state index in [4.69, 9.17) is 9.47 Å². The zero-order chi connectivity index (χ0) is 28.5. The van der Waals surface area contributed by atoms with Crippen molar-refractivity contribution in [2.24, 2.45) is 0 Å². The van der Waals surface area contributed by atoms with Crippen LogP contribution in [0.25, 0.3) is 16.6 Å². The number of hydrogen-bond donors (Lipinski definition) is 1. The fraction of sp³-hybridized carbons (Fsp3) is 0.333. The van der Waals surface area contributed by atoms with Gasteiger partial charge in [0.2, 0.25) is 0 Å². The largest absolute Gasteiger partial charge is 0.443 e. The second kappa shape index (κ2) is 10.3. The lowest BCUT2D eigenvalue weighted by atomic mass is 10.2. The first-order valence-electron chi connectivity index (χ1n) is 12.2. The van der Waals surface area contributed by atoms with Gasteiger partial charge >= 0.3 is 12.2 Å². The molecule has 12 heteroatoms. The third kappa shape index (κ3) is 6.46. The molecule has 11 nitrogen and oxygen atoms in total. The predicted molar refractivity (Wildman–Crippen MR) is 144 cm³/mol. The SMILES string of the molecule is Cc1cccc(F)c1-n1cc2c(Nc3cc(N(C(=O)OC(C)(C)C)C(=O)OC(C)(C)C)ncn3)nccc2n1. The monoisotopic (exact) mass is 535 g/mol. The maximum absolute atomic E-state index is 14.6. The quantitative estimate of drug-likeness (QED) is 0.331. The molecular formula is C27H30FN7O4. The average molecular weight is 536 g/mol. The molecule has 0 fully saturated rings. The number of rotatable bonds is 4. The molecule has 0 radical (unpaired) electrons. The molecule has 0 bridgehead atoms. The van der Waals surface area contributed by atoms with Crippen LogP contribution in [0.1, 0.15) is 47.1 Å². The van der Waals surface area contributed by atoms with Crippen LogP contribution >= 0.6 is 0 Å². The molecule has 0 unspecified atom stereocenters. The summed E-state index contributed by atoms with van der Waals surface area (Å²) in [6.45, 7) is 11.9. The summed E-state index contributed by atoms with van der Waals surface area (Å²) in [6, 6.07) is 7.89. The molecule has 2 amide bonds. The average Bonchev–Trinajstić information content (AvgIpc) is 3.22. The van der Waals surface area contributed by atoms with Gasteiger partial charge in [-0.1, -0.05) is 12.1 Å². The number of hydrogen-bond acceptors (Lipinski definition) is 9. The zero-order valence-electron chi connectivity index (χ0n) is 22.8. The van der Waals surface area contributed by atoms with E-state index in [1.54, 1.807) is 79.1 Å². The van der Waals surface area contributed by atoms with E-state index >= 15 is 0 Å². The fourth-order valence-corrected chi connectivity index (χ4v) is 3.61. The Hall–Kier alpha value is -4.61. The van der Waals surface area contributed by atoms with Crippen molar-refractivity contribution in [2.45, 2.75) is 59.7 Å². The molecule has 0 aliphatic rings. The lowest BCUT2D eigenvalue weighted by Crippen LogP contribution is -2.44. The van der Waals surface area contributed by atoms with Crippen LogP contribution in [0.15, 0.2) is 49.1 Å². The molecule has 0 spiro atoms. The van der Waals surface area contributed by atoms with Gasteiger partial charge in [0.05, 0.1) is 10.9 Å². The number of carbonyl (C=O) groups is 2. The van der Waals surface area contributed by atoms with Gasteiger partial charge in [-0.2, -0.15) is 10.00 Å². The number of para-hydroxylation sites is 1. The first-order valence-corrected chi connectivity index (χ1v) is 12.2. The number of aryl methyl sites for hydroxylation is 1. The Morgan fingerprint density at radius 1 is 0.974 bits per heavy atom. The molecular weight excluding hydrogens is 505 g/mol. The zero-order valence-corrected chi connectivity index (χ0v) is 22.8. The number of fused-ring (bicyclic) bond motifs is 1. The van der Waals surface area contributed by atoms with Crippen molar-refractivity contribution >= 4 is 40.5 Å². The lowest BCUT2D eigenvalue weighted by Gasteiger charge is -2.28. The number of amides is 2.